The second-order valence-electron chi connectivity index (χ2n) is 9.45. The zero-order valence-corrected chi connectivity index (χ0v) is 20.7. The molecule has 0 bridgehead atoms. The molecule has 1 aliphatic carbocycles. The molecule has 0 atom stereocenters. The Morgan fingerprint density at radius 1 is 1.00 bits per heavy atom. The van der Waals surface area contributed by atoms with E-state index in [1.165, 1.54) is 6.07 Å². The molecule has 172 valence electrons. The predicted molar refractivity (Wildman–Crippen MR) is 137 cm³/mol. The fourth-order valence-electron chi connectivity index (χ4n) is 4.15. The van der Waals surface area contributed by atoms with Crippen molar-refractivity contribution in [3.8, 4) is 22.6 Å². The molecule has 2 N–H and O–H groups in total. The molecule has 0 heterocycles. The largest absolute Gasteiger partial charge is 0.478 e. The van der Waals surface area contributed by atoms with E-state index in [9.17, 15) is 14.7 Å². The Morgan fingerprint density at radius 2 is 1.59 bits per heavy atom. The predicted octanol–water partition coefficient (Wildman–Crippen LogP) is 6.28. The van der Waals surface area contributed by atoms with Crippen molar-refractivity contribution < 1.29 is 19.4 Å². The Balaban J connectivity index is 1.54. The molecule has 0 saturated carbocycles. The van der Waals surface area contributed by atoms with E-state index >= 15 is 0 Å². The highest BCUT2D eigenvalue weighted by atomic mass is 28.3. The molecule has 3 aromatic rings. The molecule has 4 rings (SSSR count). The number of fused-ring (bicyclic) bond motifs is 3. The van der Waals surface area contributed by atoms with Crippen molar-refractivity contribution in [2.24, 2.45) is 0 Å². The van der Waals surface area contributed by atoms with Gasteiger partial charge >= 0.3 is 12.1 Å². The first-order chi connectivity index (χ1) is 16.1. The molecule has 6 heteroatoms. The Kier molecular flexibility index (Phi) is 6.32. The van der Waals surface area contributed by atoms with Gasteiger partial charge in [-0.05, 0) is 46.9 Å². The van der Waals surface area contributed by atoms with Gasteiger partial charge < -0.3 is 9.84 Å². The van der Waals surface area contributed by atoms with E-state index in [2.05, 4.69) is 60.7 Å². The third kappa shape index (κ3) is 4.90. The molecule has 0 spiro atoms. The summed E-state index contributed by atoms with van der Waals surface area (Å²) in [5.41, 5.74) is 9.45. The van der Waals surface area contributed by atoms with Crippen molar-refractivity contribution >= 4 is 25.8 Å². The monoisotopic (exact) mass is 469 g/mol. The van der Waals surface area contributed by atoms with Crippen molar-refractivity contribution in [3.63, 3.8) is 0 Å². The third-order valence-electron chi connectivity index (χ3n) is 5.80. The SMILES string of the molecule is Cc1c(C#C[Si](C)(C)C)cc(NC(=O)OCC2c3ccccc3-c3ccccc32)cc1C(=O)O. The van der Waals surface area contributed by atoms with E-state index in [1.807, 2.05) is 24.3 Å². The Labute approximate surface area is 200 Å². The summed E-state index contributed by atoms with van der Waals surface area (Å²) in [6.07, 6.45) is -0.633. The number of benzene rings is 3. The molecule has 0 saturated heterocycles. The van der Waals surface area contributed by atoms with Crippen LogP contribution >= 0.6 is 0 Å². The van der Waals surface area contributed by atoms with Gasteiger partial charge in [-0.1, -0.05) is 74.1 Å². The van der Waals surface area contributed by atoms with Crippen LogP contribution in [-0.4, -0.2) is 31.8 Å². The van der Waals surface area contributed by atoms with Crippen LogP contribution in [0.15, 0.2) is 60.7 Å². The average Bonchev–Trinajstić information content (AvgIpc) is 3.11. The van der Waals surface area contributed by atoms with Gasteiger partial charge in [0.15, 0.2) is 0 Å². The average molecular weight is 470 g/mol. The molecular weight excluding hydrogens is 442 g/mol. The molecule has 0 aliphatic heterocycles. The first-order valence-electron chi connectivity index (χ1n) is 11.2. The minimum atomic E-state index is -1.66. The molecule has 34 heavy (non-hydrogen) atoms. The van der Waals surface area contributed by atoms with Crippen LogP contribution in [0.3, 0.4) is 0 Å². The van der Waals surface area contributed by atoms with Gasteiger partial charge in [0.05, 0.1) is 5.56 Å². The molecule has 5 nitrogen and oxygen atoms in total. The van der Waals surface area contributed by atoms with E-state index in [0.717, 1.165) is 22.3 Å². The van der Waals surface area contributed by atoms with Gasteiger partial charge in [0, 0.05) is 17.2 Å². The van der Waals surface area contributed by atoms with Crippen molar-refractivity contribution in [1.29, 1.82) is 0 Å². The number of hydrogen-bond acceptors (Lipinski definition) is 3. The number of rotatable bonds is 4. The number of ether oxygens (including phenoxy) is 1. The lowest BCUT2D eigenvalue weighted by Gasteiger charge is -2.15. The lowest BCUT2D eigenvalue weighted by Crippen LogP contribution is -2.18. The van der Waals surface area contributed by atoms with Crippen LogP contribution in [0.5, 0.6) is 0 Å². The number of hydrogen-bond donors (Lipinski definition) is 2. The van der Waals surface area contributed by atoms with Crippen LogP contribution in [0.1, 0.15) is 38.5 Å². The van der Waals surface area contributed by atoms with Crippen molar-refractivity contribution in [1.82, 2.24) is 0 Å². The summed E-state index contributed by atoms with van der Waals surface area (Å²) in [4.78, 5) is 24.4. The number of carbonyl (C=O) groups is 2. The summed E-state index contributed by atoms with van der Waals surface area (Å²) in [7, 11) is -1.66. The molecule has 3 aromatic carbocycles. The number of amides is 1. The number of nitrogens with one attached hydrogen (secondary N) is 1. The van der Waals surface area contributed by atoms with Gasteiger partial charge in [0.1, 0.15) is 14.7 Å². The molecule has 0 aromatic heterocycles. The number of carboxylic acid groups (broad SMARTS) is 1. The smallest absolute Gasteiger partial charge is 0.411 e. The maximum atomic E-state index is 12.7. The van der Waals surface area contributed by atoms with Crippen LogP contribution in [-0.2, 0) is 4.74 Å². The Bertz CT molecular complexity index is 1300. The van der Waals surface area contributed by atoms with E-state index in [4.69, 9.17) is 4.74 Å². The molecule has 0 unspecified atom stereocenters. The third-order valence-corrected chi connectivity index (χ3v) is 6.68. The summed E-state index contributed by atoms with van der Waals surface area (Å²) in [6.45, 7) is 8.26. The standard InChI is InChI=1S/C28H27NO4Si/c1-18-19(13-14-34(2,3)4)15-20(16-25(18)27(30)31)29-28(32)33-17-26-23-11-7-5-9-21(23)22-10-6-8-12-24(22)26/h5-12,15-16,26H,17H2,1-4H3,(H,29,32)(H,30,31). The Morgan fingerprint density at radius 3 is 2.15 bits per heavy atom. The van der Waals surface area contributed by atoms with E-state index < -0.39 is 20.1 Å². The first-order valence-corrected chi connectivity index (χ1v) is 14.7. The minimum Gasteiger partial charge on any atom is -0.478 e. The van der Waals surface area contributed by atoms with E-state index in [0.29, 0.717) is 16.8 Å². The highest BCUT2D eigenvalue weighted by Crippen LogP contribution is 2.44. The fourth-order valence-corrected chi connectivity index (χ4v) is 4.66. The van der Waals surface area contributed by atoms with Gasteiger partial charge in [-0.3, -0.25) is 5.32 Å². The van der Waals surface area contributed by atoms with Crippen LogP contribution in [0.25, 0.3) is 11.1 Å². The molecule has 0 fully saturated rings. The number of aromatic carboxylic acids is 1. The summed E-state index contributed by atoms with van der Waals surface area (Å²) >= 11 is 0. The van der Waals surface area contributed by atoms with Gasteiger partial charge in [0.2, 0.25) is 0 Å². The molecule has 1 amide bonds. The topological polar surface area (TPSA) is 75.6 Å². The quantitative estimate of drug-likeness (QED) is 0.348. The number of anilines is 1. The molecular formula is C28H27NO4Si. The second kappa shape index (κ2) is 9.20. The van der Waals surface area contributed by atoms with Gasteiger partial charge in [-0.25, -0.2) is 9.59 Å². The number of carbonyl (C=O) groups excluding carboxylic acids is 1. The lowest BCUT2D eigenvalue weighted by atomic mass is 9.98. The minimum absolute atomic E-state index is 0.0519. The van der Waals surface area contributed by atoms with E-state index in [1.54, 1.807) is 13.0 Å². The van der Waals surface area contributed by atoms with Crippen molar-refractivity contribution in [3.05, 3.63) is 88.5 Å². The van der Waals surface area contributed by atoms with Crippen LogP contribution in [0, 0.1) is 18.4 Å². The van der Waals surface area contributed by atoms with E-state index in [-0.39, 0.29) is 18.1 Å². The molecule has 1 aliphatic rings. The Hall–Kier alpha value is -3.82. The molecule has 0 radical (unpaired) electrons. The normalized spacial score (nSPS) is 12.2. The van der Waals surface area contributed by atoms with Crippen LogP contribution in [0.2, 0.25) is 19.6 Å². The summed E-state index contributed by atoms with van der Waals surface area (Å²) in [6, 6.07) is 19.4. The highest BCUT2D eigenvalue weighted by molar-refractivity contribution is 6.83. The second-order valence-corrected chi connectivity index (χ2v) is 14.2. The lowest BCUT2D eigenvalue weighted by molar-refractivity contribution is 0.0696. The highest BCUT2D eigenvalue weighted by Gasteiger charge is 2.29. The van der Waals surface area contributed by atoms with Gasteiger partial charge in [-0.2, -0.15) is 0 Å². The van der Waals surface area contributed by atoms with Crippen LogP contribution in [0.4, 0.5) is 10.5 Å². The zero-order valence-electron chi connectivity index (χ0n) is 19.7. The van der Waals surface area contributed by atoms with Crippen LogP contribution < -0.4 is 5.32 Å². The number of carboxylic acids is 1. The van der Waals surface area contributed by atoms with Crippen molar-refractivity contribution in [2.75, 3.05) is 11.9 Å². The first kappa shape index (κ1) is 23.3. The van der Waals surface area contributed by atoms with Gasteiger partial charge in [0.25, 0.3) is 0 Å². The van der Waals surface area contributed by atoms with Gasteiger partial charge in [-0.15, -0.1) is 5.54 Å². The maximum Gasteiger partial charge on any atom is 0.411 e. The zero-order chi connectivity index (χ0) is 24.5. The summed E-state index contributed by atoms with van der Waals surface area (Å²) in [5.74, 6) is 2.00. The fraction of sp³-hybridized carbons (Fsp3) is 0.214. The van der Waals surface area contributed by atoms with Crippen molar-refractivity contribution in [2.45, 2.75) is 32.5 Å². The summed E-state index contributed by atoms with van der Waals surface area (Å²) < 4.78 is 5.60. The summed E-state index contributed by atoms with van der Waals surface area (Å²) in [5, 5.41) is 12.3. The maximum absolute atomic E-state index is 12.7.